The Hall–Kier alpha value is -0.680. The van der Waals surface area contributed by atoms with Gasteiger partial charge in [0.2, 0.25) is 0 Å². The van der Waals surface area contributed by atoms with Gasteiger partial charge < -0.3 is 10.1 Å². The van der Waals surface area contributed by atoms with Crippen molar-refractivity contribution in [2.75, 3.05) is 39.9 Å². The third kappa shape index (κ3) is 5.02. The predicted octanol–water partition coefficient (Wildman–Crippen LogP) is 2.18. The molecule has 4 nitrogen and oxygen atoms in total. The van der Waals surface area contributed by atoms with E-state index in [4.69, 9.17) is 16.3 Å². The maximum absolute atomic E-state index is 6.18. The lowest BCUT2D eigenvalue weighted by Crippen LogP contribution is -2.39. The van der Waals surface area contributed by atoms with Gasteiger partial charge in [-0.15, -0.1) is 0 Å². The molecule has 112 valence electrons. The Morgan fingerprint density at radius 1 is 1.55 bits per heavy atom. The molecule has 0 bridgehead atoms. The average molecular weight is 298 g/mol. The van der Waals surface area contributed by atoms with E-state index >= 15 is 0 Å². The van der Waals surface area contributed by atoms with Gasteiger partial charge in [-0.2, -0.15) is 0 Å². The fourth-order valence-corrected chi connectivity index (χ4v) is 2.89. The normalized spacial score (nSPS) is 20.2. The maximum atomic E-state index is 6.18. The maximum Gasteiger partial charge on any atom is 0.0634 e. The van der Waals surface area contributed by atoms with E-state index in [0.29, 0.717) is 0 Å². The summed E-state index contributed by atoms with van der Waals surface area (Å²) in [5.41, 5.74) is 1.18. The molecule has 0 aromatic carbocycles. The molecule has 5 heteroatoms. The number of likely N-dealkylation sites (tertiary alicyclic amines) is 1. The molecule has 0 aliphatic carbocycles. The molecule has 20 heavy (non-hydrogen) atoms. The number of ether oxygens (including phenoxy) is 1. The van der Waals surface area contributed by atoms with Crippen molar-refractivity contribution in [1.29, 1.82) is 0 Å². The first-order chi connectivity index (χ1) is 9.79. The number of hydrogen-bond donors (Lipinski definition) is 1. The smallest absolute Gasteiger partial charge is 0.0634 e. The molecule has 1 unspecified atom stereocenters. The van der Waals surface area contributed by atoms with Gasteiger partial charge in [0.1, 0.15) is 0 Å². The Bertz CT molecular complexity index is 402. The number of nitrogens with one attached hydrogen (secondary N) is 1. The van der Waals surface area contributed by atoms with Gasteiger partial charge >= 0.3 is 0 Å². The van der Waals surface area contributed by atoms with Crippen molar-refractivity contribution in [2.24, 2.45) is 5.92 Å². The Morgan fingerprint density at radius 2 is 2.45 bits per heavy atom. The first-order valence-corrected chi connectivity index (χ1v) is 7.68. The zero-order chi connectivity index (χ0) is 14.2. The fourth-order valence-electron chi connectivity index (χ4n) is 2.72. The van der Waals surface area contributed by atoms with Gasteiger partial charge in [0.15, 0.2) is 0 Å². The van der Waals surface area contributed by atoms with Gasteiger partial charge in [-0.1, -0.05) is 11.6 Å². The highest BCUT2D eigenvalue weighted by atomic mass is 35.5. The predicted molar refractivity (Wildman–Crippen MR) is 82.0 cm³/mol. The van der Waals surface area contributed by atoms with E-state index in [1.54, 1.807) is 13.3 Å². The van der Waals surface area contributed by atoms with Crippen LogP contribution in [0.3, 0.4) is 0 Å². The molecule has 2 rings (SSSR count). The van der Waals surface area contributed by atoms with E-state index < -0.39 is 0 Å². The molecule has 1 N–H and O–H groups in total. The number of rotatable bonds is 7. The van der Waals surface area contributed by atoms with Crippen molar-refractivity contribution in [3.63, 3.8) is 0 Å². The van der Waals surface area contributed by atoms with E-state index in [2.05, 4.69) is 15.2 Å². The van der Waals surface area contributed by atoms with Crippen molar-refractivity contribution in [3.8, 4) is 0 Å². The second-order valence-electron chi connectivity index (χ2n) is 5.41. The number of pyridine rings is 1. The summed E-state index contributed by atoms with van der Waals surface area (Å²) in [4.78, 5) is 6.53. The zero-order valence-corrected chi connectivity index (χ0v) is 12.9. The van der Waals surface area contributed by atoms with Crippen molar-refractivity contribution >= 4 is 11.6 Å². The minimum atomic E-state index is 0.723. The molecule has 0 amide bonds. The highest BCUT2D eigenvalue weighted by molar-refractivity contribution is 6.31. The number of halogens is 1. The van der Waals surface area contributed by atoms with Crippen LogP contribution >= 0.6 is 11.6 Å². The molecule has 0 saturated carbocycles. The summed E-state index contributed by atoms with van der Waals surface area (Å²) >= 11 is 6.18. The lowest BCUT2D eigenvalue weighted by atomic mass is 9.97. The van der Waals surface area contributed by atoms with Gasteiger partial charge in [0.05, 0.1) is 11.6 Å². The Kier molecular flexibility index (Phi) is 6.73. The number of hydrogen-bond acceptors (Lipinski definition) is 4. The Morgan fingerprint density at radius 3 is 3.25 bits per heavy atom. The SMILES string of the molecule is COCCNCC1CCCN(Cc2ccncc2Cl)C1. The molecule has 0 spiro atoms. The standard InChI is InChI=1S/C15H24ClN3O/c1-20-8-6-18-9-13-3-2-7-19(11-13)12-14-4-5-17-10-15(14)16/h4-5,10,13,18H,2-3,6-9,11-12H2,1H3. The summed E-state index contributed by atoms with van der Waals surface area (Å²) in [6.45, 7) is 6.01. The van der Waals surface area contributed by atoms with E-state index in [1.807, 2.05) is 12.3 Å². The van der Waals surface area contributed by atoms with E-state index in [1.165, 1.54) is 18.4 Å². The van der Waals surface area contributed by atoms with Crippen LogP contribution in [-0.2, 0) is 11.3 Å². The third-order valence-electron chi connectivity index (χ3n) is 3.77. The number of nitrogens with zero attached hydrogens (tertiary/aromatic N) is 2. The van der Waals surface area contributed by atoms with Crippen LogP contribution in [0.2, 0.25) is 5.02 Å². The second-order valence-corrected chi connectivity index (χ2v) is 5.81. The zero-order valence-electron chi connectivity index (χ0n) is 12.1. The lowest BCUT2D eigenvalue weighted by molar-refractivity contribution is 0.159. The van der Waals surface area contributed by atoms with Crippen LogP contribution in [0, 0.1) is 5.92 Å². The van der Waals surface area contributed by atoms with Gasteiger partial charge in [-0.3, -0.25) is 9.88 Å². The molecule has 1 aromatic heterocycles. The largest absolute Gasteiger partial charge is 0.383 e. The number of aromatic nitrogens is 1. The molecular weight excluding hydrogens is 274 g/mol. The van der Waals surface area contributed by atoms with Crippen LogP contribution < -0.4 is 5.32 Å². The van der Waals surface area contributed by atoms with Crippen LogP contribution in [0.15, 0.2) is 18.5 Å². The summed E-state index contributed by atoms with van der Waals surface area (Å²) in [5.74, 6) is 0.723. The summed E-state index contributed by atoms with van der Waals surface area (Å²) < 4.78 is 5.05. The highest BCUT2D eigenvalue weighted by Gasteiger charge is 2.20. The summed E-state index contributed by atoms with van der Waals surface area (Å²) in [7, 11) is 1.74. The topological polar surface area (TPSA) is 37.4 Å². The van der Waals surface area contributed by atoms with E-state index in [0.717, 1.165) is 50.3 Å². The number of methoxy groups -OCH3 is 1. The molecule has 2 heterocycles. The monoisotopic (exact) mass is 297 g/mol. The Balaban J connectivity index is 1.77. The minimum absolute atomic E-state index is 0.723. The molecule has 1 aliphatic rings. The van der Waals surface area contributed by atoms with Gasteiger partial charge in [-0.25, -0.2) is 0 Å². The quantitative estimate of drug-likeness (QED) is 0.783. The molecule has 1 fully saturated rings. The molecule has 1 saturated heterocycles. The summed E-state index contributed by atoms with van der Waals surface area (Å²) in [6.07, 6.45) is 6.11. The summed E-state index contributed by atoms with van der Waals surface area (Å²) in [6, 6.07) is 2.02. The summed E-state index contributed by atoms with van der Waals surface area (Å²) in [5, 5.41) is 4.24. The van der Waals surface area contributed by atoms with E-state index in [9.17, 15) is 0 Å². The van der Waals surface area contributed by atoms with Gasteiger partial charge in [0.25, 0.3) is 0 Å². The van der Waals surface area contributed by atoms with Crippen LogP contribution in [0.5, 0.6) is 0 Å². The molecule has 1 aliphatic heterocycles. The van der Waals surface area contributed by atoms with Crippen LogP contribution in [0.1, 0.15) is 18.4 Å². The minimum Gasteiger partial charge on any atom is -0.383 e. The van der Waals surface area contributed by atoms with Gasteiger partial charge in [0, 0.05) is 39.1 Å². The number of piperidine rings is 1. The third-order valence-corrected chi connectivity index (χ3v) is 4.11. The lowest BCUT2D eigenvalue weighted by Gasteiger charge is -2.33. The first-order valence-electron chi connectivity index (χ1n) is 7.30. The van der Waals surface area contributed by atoms with Crippen LogP contribution in [-0.4, -0.2) is 49.8 Å². The fraction of sp³-hybridized carbons (Fsp3) is 0.667. The Labute approximate surface area is 126 Å². The van der Waals surface area contributed by atoms with Crippen molar-refractivity contribution in [2.45, 2.75) is 19.4 Å². The molecule has 1 atom stereocenters. The van der Waals surface area contributed by atoms with E-state index in [-0.39, 0.29) is 0 Å². The second kappa shape index (κ2) is 8.57. The first kappa shape index (κ1) is 15.7. The van der Waals surface area contributed by atoms with Crippen LogP contribution in [0.4, 0.5) is 0 Å². The van der Waals surface area contributed by atoms with Crippen molar-refractivity contribution in [3.05, 3.63) is 29.0 Å². The molecule has 1 aromatic rings. The van der Waals surface area contributed by atoms with Crippen molar-refractivity contribution in [1.82, 2.24) is 15.2 Å². The highest BCUT2D eigenvalue weighted by Crippen LogP contribution is 2.21. The van der Waals surface area contributed by atoms with Gasteiger partial charge in [-0.05, 0) is 43.5 Å². The van der Waals surface area contributed by atoms with Crippen molar-refractivity contribution < 1.29 is 4.74 Å². The molecular formula is C15H24ClN3O. The average Bonchev–Trinajstić information content (AvgIpc) is 2.47. The van der Waals surface area contributed by atoms with Crippen LogP contribution in [0.25, 0.3) is 0 Å². The molecule has 0 radical (unpaired) electrons.